The number of likely N-dealkylation sites (tertiary alicyclic amines) is 1. The van der Waals surface area contributed by atoms with Crippen molar-refractivity contribution < 1.29 is 14.3 Å². The second-order valence-electron chi connectivity index (χ2n) is 6.26. The number of benzene rings is 2. The molecule has 130 valence electrons. The summed E-state index contributed by atoms with van der Waals surface area (Å²) >= 11 is 0. The van der Waals surface area contributed by atoms with Gasteiger partial charge in [-0.1, -0.05) is 36.4 Å². The van der Waals surface area contributed by atoms with Gasteiger partial charge in [0.2, 0.25) is 11.8 Å². The first kappa shape index (κ1) is 17.0. The van der Waals surface area contributed by atoms with Crippen molar-refractivity contribution in [3.8, 4) is 5.75 Å². The van der Waals surface area contributed by atoms with Crippen molar-refractivity contribution >= 4 is 17.5 Å². The van der Waals surface area contributed by atoms with Crippen molar-refractivity contribution in [1.29, 1.82) is 0 Å². The maximum absolute atomic E-state index is 12.5. The summed E-state index contributed by atoms with van der Waals surface area (Å²) in [5.74, 6) is 0.219. The maximum atomic E-state index is 12.5. The van der Waals surface area contributed by atoms with Gasteiger partial charge in [-0.05, 0) is 24.6 Å². The molecule has 1 aliphatic heterocycles. The Bertz CT molecular complexity index is 761. The summed E-state index contributed by atoms with van der Waals surface area (Å²) in [5, 5.41) is 2.88. The zero-order chi connectivity index (χ0) is 17.8. The summed E-state index contributed by atoms with van der Waals surface area (Å²) in [4.78, 5) is 26.7. The van der Waals surface area contributed by atoms with Crippen LogP contribution in [0.3, 0.4) is 0 Å². The Morgan fingerprint density at radius 3 is 2.68 bits per heavy atom. The number of rotatable bonds is 5. The number of anilines is 1. The minimum absolute atomic E-state index is 0.0159. The molecule has 2 unspecified atom stereocenters. The third-order valence-electron chi connectivity index (χ3n) is 4.62. The van der Waals surface area contributed by atoms with Gasteiger partial charge in [-0.2, -0.15) is 0 Å². The smallest absolute Gasteiger partial charge is 0.229 e. The van der Waals surface area contributed by atoms with Gasteiger partial charge in [-0.25, -0.2) is 0 Å². The van der Waals surface area contributed by atoms with E-state index in [1.54, 1.807) is 18.1 Å². The third kappa shape index (κ3) is 3.82. The van der Waals surface area contributed by atoms with E-state index in [0.717, 1.165) is 5.56 Å². The molecule has 0 aliphatic carbocycles. The van der Waals surface area contributed by atoms with Gasteiger partial charge in [0.05, 0.1) is 19.1 Å². The zero-order valence-electron chi connectivity index (χ0n) is 14.4. The van der Waals surface area contributed by atoms with E-state index < -0.39 is 0 Å². The lowest BCUT2D eigenvalue weighted by atomic mass is 10.1. The Morgan fingerprint density at radius 2 is 1.96 bits per heavy atom. The molecule has 0 aromatic heterocycles. The molecule has 5 heteroatoms. The van der Waals surface area contributed by atoms with Crippen LogP contribution in [-0.4, -0.2) is 30.4 Å². The van der Waals surface area contributed by atoms with Crippen LogP contribution in [-0.2, 0) is 9.59 Å². The molecule has 5 nitrogen and oxygen atoms in total. The van der Waals surface area contributed by atoms with Crippen LogP contribution in [0.2, 0.25) is 0 Å². The lowest BCUT2D eigenvalue weighted by molar-refractivity contribution is -0.129. The number of hydrogen-bond donors (Lipinski definition) is 1. The predicted octanol–water partition coefficient (Wildman–Crippen LogP) is 3.24. The van der Waals surface area contributed by atoms with Crippen molar-refractivity contribution in [2.75, 3.05) is 19.0 Å². The second kappa shape index (κ2) is 7.38. The van der Waals surface area contributed by atoms with E-state index in [1.807, 2.05) is 55.5 Å². The Hall–Kier alpha value is -2.82. The molecule has 0 saturated carbocycles. The molecule has 1 fully saturated rings. The molecule has 25 heavy (non-hydrogen) atoms. The maximum Gasteiger partial charge on any atom is 0.229 e. The molecule has 0 radical (unpaired) electrons. The van der Waals surface area contributed by atoms with Crippen LogP contribution >= 0.6 is 0 Å². The van der Waals surface area contributed by atoms with Gasteiger partial charge >= 0.3 is 0 Å². The van der Waals surface area contributed by atoms with Gasteiger partial charge in [-0.3, -0.25) is 9.59 Å². The number of ether oxygens (including phenoxy) is 1. The van der Waals surface area contributed by atoms with Crippen LogP contribution in [0.4, 0.5) is 5.69 Å². The van der Waals surface area contributed by atoms with E-state index in [2.05, 4.69) is 5.32 Å². The van der Waals surface area contributed by atoms with Crippen molar-refractivity contribution in [2.24, 2.45) is 5.92 Å². The molecule has 2 amide bonds. The number of nitrogens with one attached hydrogen (secondary N) is 1. The Kier molecular flexibility index (Phi) is 5.03. The quantitative estimate of drug-likeness (QED) is 0.910. The van der Waals surface area contributed by atoms with Gasteiger partial charge in [0.15, 0.2) is 0 Å². The van der Waals surface area contributed by atoms with Crippen LogP contribution < -0.4 is 10.1 Å². The van der Waals surface area contributed by atoms with E-state index in [0.29, 0.717) is 18.0 Å². The number of amides is 2. The molecule has 1 aliphatic rings. The van der Waals surface area contributed by atoms with Crippen molar-refractivity contribution in [1.82, 2.24) is 4.90 Å². The fourth-order valence-corrected chi connectivity index (χ4v) is 3.14. The molecule has 3 rings (SSSR count). The van der Waals surface area contributed by atoms with Crippen LogP contribution in [0.15, 0.2) is 54.6 Å². The molecular weight excluding hydrogens is 316 g/mol. The minimum Gasteiger partial charge on any atom is -0.497 e. The Morgan fingerprint density at radius 1 is 1.20 bits per heavy atom. The Balaban J connectivity index is 1.66. The SMILES string of the molecule is COc1cccc(NC(=O)C2CC(=O)N(C(C)c3ccccc3)C2)c1. The molecule has 2 aromatic carbocycles. The molecule has 1 heterocycles. The van der Waals surface area contributed by atoms with E-state index in [9.17, 15) is 9.59 Å². The van der Waals surface area contributed by atoms with Crippen molar-refractivity contribution in [3.05, 3.63) is 60.2 Å². The first-order valence-electron chi connectivity index (χ1n) is 8.38. The van der Waals surface area contributed by atoms with E-state index in [-0.39, 0.29) is 30.2 Å². The fraction of sp³-hybridized carbons (Fsp3) is 0.300. The third-order valence-corrected chi connectivity index (χ3v) is 4.62. The number of carbonyl (C=O) groups excluding carboxylic acids is 2. The summed E-state index contributed by atoms with van der Waals surface area (Å²) in [6.07, 6.45) is 0.243. The van der Waals surface area contributed by atoms with Crippen LogP contribution in [0, 0.1) is 5.92 Å². The molecule has 2 atom stereocenters. The van der Waals surface area contributed by atoms with E-state index in [4.69, 9.17) is 4.74 Å². The van der Waals surface area contributed by atoms with Crippen molar-refractivity contribution in [2.45, 2.75) is 19.4 Å². The van der Waals surface area contributed by atoms with Crippen LogP contribution in [0.25, 0.3) is 0 Å². The minimum atomic E-state index is -0.343. The summed E-state index contributed by atoms with van der Waals surface area (Å²) in [7, 11) is 1.58. The number of nitrogens with zero attached hydrogens (tertiary/aromatic N) is 1. The van der Waals surface area contributed by atoms with Crippen molar-refractivity contribution in [3.63, 3.8) is 0 Å². The highest BCUT2D eigenvalue weighted by atomic mass is 16.5. The highest BCUT2D eigenvalue weighted by molar-refractivity contribution is 5.97. The Labute approximate surface area is 147 Å². The monoisotopic (exact) mass is 338 g/mol. The van der Waals surface area contributed by atoms with Gasteiger partial charge < -0.3 is 15.0 Å². The molecule has 0 spiro atoms. The van der Waals surface area contributed by atoms with Gasteiger partial charge in [0, 0.05) is 24.7 Å². The number of carbonyl (C=O) groups is 2. The average Bonchev–Trinajstić information content (AvgIpc) is 3.04. The predicted molar refractivity (Wildman–Crippen MR) is 96.3 cm³/mol. The number of methoxy groups -OCH3 is 1. The molecular formula is C20H22N2O3. The molecule has 1 N–H and O–H groups in total. The molecule has 1 saturated heterocycles. The largest absolute Gasteiger partial charge is 0.497 e. The zero-order valence-corrected chi connectivity index (χ0v) is 14.4. The summed E-state index contributed by atoms with van der Waals surface area (Å²) in [6.45, 7) is 2.43. The normalized spacial score (nSPS) is 18.1. The summed E-state index contributed by atoms with van der Waals surface area (Å²) < 4.78 is 5.16. The van der Waals surface area contributed by atoms with Gasteiger partial charge in [-0.15, -0.1) is 0 Å². The van der Waals surface area contributed by atoms with Crippen LogP contribution in [0.1, 0.15) is 24.9 Å². The highest BCUT2D eigenvalue weighted by Gasteiger charge is 2.37. The summed E-state index contributed by atoms with van der Waals surface area (Å²) in [6, 6.07) is 17.0. The van der Waals surface area contributed by atoms with E-state index in [1.165, 1.54) is 0 Å². The first-order valence-corrected chi connectivity index (χ1v) is 8.38. The topological polar surface area (TPSA) is 58.6 Å². The number of hydrogen-bond acceptors (Lipinski definition) is 3. The van der Waals surface area contributed by atoms with Gasteiger partial charge in [0.25, 0.3) is 0 Å². The second-order valence-corrected chi connectivity index (χ2v) is 6.26. The first-order chi connectivity index (χ1) is 12.1. The molecule has 2 aromatic rings. The lowest BCUT2D eigenvalue weighted by Gasteiger charge is -2.25. The van der Waals surface area contributed by atoms with Crippen LogP contribution in [0.5, 0.6) is 5.75 Å². The average molecular weight is 338 g/mol. The highest BCUT2D eigenvalue weighted by Crippen LogP contribution is 2.29. The lowest BCUT2D eigenvalue weighted by Crippen LogP contribution is -2.30. The molecule has 0 bridgehead atoms. The standard InChI is InChI=1S/C20H22N2O3/c1-14(15-7-4-3-5-8-15)22-13-16(11-19(22)23)20(24)21-17-9-6-10-18(12-17)25-2/h3-10,12,14,16H,11,13H2,1-2H3,(H,21,24). The fourth-order valence-electron chi connectivity index (χ4n) is 3.14. The van der Waals surface area contributed by atoms with Gasteiger partial charge in [0.1, 0.15) is 5.75 Å². The van der Waals surface area contributed by atoms with E-state index >= 15 is 0 Å². The summed E-state index contributed by atoms with van der Waals surface area (Å²) in [5.41, 5.74) is 1.75.